The van der Waals surface area contributed by atoms with Gasteiger partial charge in [-0.05, 0) is 30.8 Å². The third-order valence-corrected chi connectivity index (χ3v) is 4.77. The van der Waals surface area contributed by atoms with E-state index in [0.29, 0.717) is 12.0 Å². The molecule has 2 aliphatic carbocycles. The summed E-state index contributed by atoms with van der Waals surface area (Å²) >= 11 is 0. The zero-order valence-corrected chi connectivity index (χ0v) is 10.4. The van der Waals surface area contributed by atoms with Crippen LogP contribution in [0.4, 0.5) is 0 Å². The van der Waals surface area contributed by atoms with E-state index < -0.39 is 6.10 Å². The van der Waals surface area contributed by atoms with Crippen LogP contribution < -0.4 is 0 Å². The molecular weight excluding hydrogens is 228 g/mol. The summed E-state index contributed by atoms with van der Waals surface area (Å²) in [6, 6.07) is 0. The second-order valence-corrected chi connectivity index (χ2v) is 5.66. The number of rotatable bonds is 0. The van der Waals surface area contributed by atoms with E-state index >= 15 is 0 Å². The number of aliphatic hydroxyl groups is 1. The maximum absolute atomic E-state index is 11.7. The Kier molecular flexibility index (Phi) is 2.49. The molecule has 0 bridgehead atoms. The van der Waals surface area contributed by atoms with Crippen LogP contribution in [0.3, 0.4) is 0 Å². The normalized spacial score (nSPS) is 43.5. The molecule has 3 fully saturated rings. The van der Waals surface area contributed by atoms with E-state index in [2.05, 4.69) is 19.7 Å². The van der Waals surface area contributed by atoms with Crippen molar-refractivity contribution in [2.24, 2.45) is 17.8 Å². The number of carbonyl (C=O) groups is 1. The van der Waals surface area contributed by atoms with Gasteiger partial charge in [0.25, 0.3) is 0 Å². The molecule has 0 radical (unpaired) electrons. The molecule has 3 nitrogen and oxygen atoms in total. The molecule has 5 atom stereocenters. The first kappa shape index (κ1) is 11.7. The number of hydrogen-bond donors (Lipinski definition) is 1. The minimum absolute atomic E-state index is 0.0169. The molecule has 18 heavy (non-hydrogen) atoms. The van der Waals surface area contributed by atoms with E-state index in [1.807, 2.05) is 0 Å². The molecule has 3 rings (SSSR count). The zero-order chi connectivity index (χ0) is 13.0. The summed E-state index contributed by atoms with van der Waals surface area (Å²) in [5.74, 6) is -0.0128. The second kappa shape index (κ2) is 3.82. The highest BCUT2D eigenvalue weighted by atomic mass is 16.6. The Balaban J connectivity index is 2.01. The average Bonchev–Trinajstić information content (AvgIpc) is 2.72. The van der Waals surface area contributed by atoms with Crippen molar-refractivity contribution in [1.82, 2.24) is 0 Å². The quantitative estimate of drug-likeness (QED) is 0.404. The van der Waals surface area contributed by atoms with Crippen molar-refractivity contribution >= 4 is 5.97 Å². The Morgan fingerprint density at radius 1 is 1.22 bits per heavy atom. The van der Waals surface area contributed by atoms with Crippen LogP contribution in [0.1, 0.15) is 19.3 Å². The van der Waals surface area contributed by atoms with Crippen LogP contribution in [0.2, 0.25) is 0 Å². The SMILES string of the molecule is C=C1C(O)C[C@H]2C(=C)CC[C@H]3C(=C)C(=O)O[C@H]3[C@@H]12. The first-order valence-corrected chi connectivity index (χ1v) is 6.45. The molecule has 1 saturated heterocycles. The maximum Gasteiger partial charge on any atom is 0.334 e. The number of allylic oxidation sites excluding steroid dienone is 1. The summed E-state index contributed by atoms with van der Waals surface area (Å²) in [5, 5.41) is 9.99. The largest absolute Gasteiger partial charge is 0.458 e. The number of hydrogen-bond acceptors (Lipinski definition) is 3. The third kappa shape index (κ3) is 1.43. The molecular formula is C15H18O3. The van der Waals surface area contributed by atoms with Gasteiger partial charge in [-0.3, -0.25) is 0 Å². The summed E-state index contributed by atoms with van der Waals surface area (Å²) < 4.78 is 5.49. The fourth-order valence-electron chi connectivity index (χ4n) is 3.70. The number of fused-ring (bicyclic) bond motifs is 3. The van der Waals surface area contributed by atoms with E-state index in [1.165, 1.54) is 0 Å². The van der Waals surface area contributed by atoms with Gasteiger partial charge >= 0.3 is 5.97 Å². The summed E-state index contributed by atoms with van der Waals surface area (Å²) in [7, 11) is 0. The first-order valence-electron chi connectivity index (χ1n) is 6.45. The zero-order valence-electron chi connectivity index (χ0n) is 10.4. The lowest BCUT2D eigenvalue weighted by Gasteiger charge is -2.25. The summed E-state index contributed by atoms with van der Waals surface area (Å²) in [6.45, 7) is 12.0. The first-order chi connectivity index (χ1) is 8.50. The van der Waals surface area contributed by atoms with Gasteiger partial charge in [0.2, 0.25) is 0 Å². The van der Waals surface area contributed by atoms with E-state index in [0.717, 1.165) is 24.0 Å². The Labute approximate surface area is 107 Å². The molecule has 1 unspecified atom stereocenters. The van der Waals surface area contributed by atoms with Gasteiger partial charge in [-0.1, -0.05) is 25.3 Å². The average molecular weight is 246 g/mol. The van der Waals surface area contributed by atoms with Crippen molar-refractivity contribution in [2.75, 3.05) is 0 Å². The minimum Gasteiger partial charge on any atom is -0.458 e. The summed E-state index contributed by atoms with van der Waals surface area (Å²) in [4.78, 5) is 11.7. The van der Waals surface area contributed by atoms with Gasteiger partial charge < -0.3 is 9.84 Å². The van der Waals surface area contributed by atoms with Gasteiger partial charge in [0, 0.05) is 17.4 Å². The van der Waals surface area contributed by atoms with Gasteiger partial charge in [-0.2, -0.15) is 0 Å². The molecule has 0 aromatic carbocycles. The predicted octanol–water partition coefficient (Wildman–Crippen LogP) is 1.99. The molecule has 0 aromatic rings. The summed E-state index contributed by atoms with van der Waals surface area (Å²) in [6.07, 6.45) is 1.71. The van der Waals surface area contributed by atoms with Crippen LogP contribution in [0.5, 0.6) is 0 Å². The smallest absolute Gasteiger partial charge is 0.334 e. The molecule has 0 aromatic heterocycles. The van der Waals surface area contributed by atoms with Gasteiger partial charge in [-0.15, -0.1) is 0 Å². The van der Waals surface area contributed by atoms with Gasteiger partial charge in [0.05, 0.1) is 6.10 Å². The molecule has 3 aliphatic rings. The van der Waals surface area contributed by atoms with E-state index in [-0.39, 0.29) is 29.8 Å². The number of aliphatic hydroxyl groups excluding tert-OH is 1. The van der Waals surface area contributed by atoms with Crippen LogP contribution in [-0.4, -0.2) is 23.3 Å². The fourth-order valence-corrected chi connectivity index (χ4v) is 3.70. The Morgan fingerprint density at radius 2 is 1.94 bits per heavy atom. The lowest BCUT2D eigenvalue weighted by Crippen LogP contribution is -2.29. The highest BCUT2D eigenvalue weighted by Crippen LogP contribution is 2.51. The Morgan fingerprint density at radius 3 is 2.67 bits per heavy atom. The van der Waals surface area contributed by atoms with E-state index in [4.69, 9.17) is 4.74 Å². The highest BCUT2D eigenvalue weighted by Gasteiger charge is 2.52. The molecule has 1 N–H and O–H groups in total. The van der Waals surface area contributed by atoms with Crippen molar-refractivity contribution < 1.29 is 14.6 Å². The van der Waals surface area contributed by atoms with Crippen molar-refractivity contribution in [1.29, 1.82) is 0 Å². The van der Waals surface area contributed by atoms with Crippen LogP contribution in [0, 0.1) is 17.8 Å². The van der Waals surface area contributed by atoms with Crippen LogP contribution in [0.15, 0.2) is 36.5 Å². The number of carbonyl (C=O) groups excluding carboxylic acids is 1. The molecule has 2 saturated carbocycles. The minimum atomic E-state index is -0.497. The van der Waals surface area contributed by atoms with E-state index in [1.54, 1.807) is 0 Å². The monoisotopic (exact) mass is 246 g/mol. The lowest BCUT2D eigenvalue weighted by molar-refractivity contribution is -0.141. The Hall–Kier alpha value is -1.35. The molecule has 0 spiro atoms. The second-order valence-electron chi connectivity index (χ2n) is 5.66. The summed E-state index contributed by atoms with van der Waals surface area (Å²) in [5.41, 5.74) is 2.51. The maximum atomic E-state index is 11.7. The van der Waals surface area contributed by atoms with Crippen LogP contribution in [-0.2, 0) is 9.53 Å². The molecule has 96 valence electrons. The number of esters is 1. The van der Waals surface area contributed by atoms with Crippen LogP contribution >= 0.6 is 0 Å². The number of ether oxygens (including phenoxy) is 1. The molecule has 1 aliphatic heterocycles. The van der Waals surface area contributed by atoms with Crippen molar-refractivity contribution in [3.63, 3.8) is 0 Å². The topological polar surface area (TPSA) is 46.5 Å². The Bertz CT molecular complexity index is 462. The molecule has 3 heteroatoms. The van der Waals surface area contributed by atoms with Gasteiger partial charge in [0.1, 0.15) is 6.10 Å². The van der Waals surface area contributed by atoms with Crippen molar-refractivity contribution in [3.05, 3.63) is 36.5 Å². The van der Waals surface area contributed by atoms with Gasteiger partial charge in [-0.25, -0.2) is 4.79 Å². The van der Waals surface area contributed by atoms with E-state index in [9.17, 15) is 9.90 Å². The fraction of sp³-hybridized carbons (Fsp3) is 0.533. The van der Waals surface area contributed by atoms with Crippen LogP contribution in [0.25, 0.3) is 0 Å². The molecule has 1 heterocycles. The van der Waals surface area contributed by atoms with Crippen molar-refractivity contribution in [3.8, 4) is 0 Å². The third-order valence-electron chi connectivity index (χ3n) is 4.77. The highest BCUT2D eigenvalue weighted by molar-refractivity contribution is 5.91. The predicted molar refractivity (Wildman–Crippen MR) is 67.6 cm³/mol. The lowest BCUT2D eigenvalue weighted by atomic mass is 9.82. The standard InChI is InChI=1S/C15H18O3/c1-7-4-5-10-8(2)15(17)18-14(10)13-9(3)12(16)6-11(7)13/h10-14,16H,1-6H2/t10-,11-,12?,13-,14+/m0/s1. The van der Waals surface area contributed by atoms with Gasteiger partial charge in [0.15, 0.2) is 0 Å². The van der Waals surface area contributed by atoms with Crippen molar-refractivity contribution in [2.45, 2.75) is 31.5 Å². The molecule has 0 amide bonds.